The third-order valence-electron chi connectivity index (χ3n) is 1.53. The van der Waals surface area contributed by atoms with Crippen LogP contribution < -0.4 is 5.32 Å². The lowest BCUT2D eigenvalue weighted by Gasteiger charge is -1.96. The molecule has 0 spiro atoms. The van der Waals surface area contributed by atoms with Crippen molar-refractivity contribution in [2.24, 2.45) is 0 Å². The number of nitrogens with one attached hydrogen (secondary N) is 1. The Morgan fingerprint density at radius 3 is 2.83 bits per heavy atom. The normalized spacial score (nSPS) is 10.3. The molecule has 68 valence electrons. The lowest BCUT2D eigenvalue weighted by molar-refractivity contribution is 0.0962. The Bertz CT molecular complexity index is 285. The van der Waals surface area contributed by atoms with Gasteiger partial charge in [-0.3, -0.25) is 4.79 Å². The zero-order valence-corrected chi connectivity index (χ0v) is 8.23. The van der Waals surface area contributed by atoms with E-state index in [0.29, 0.717) is 10.9 Å². The number of aromatic nitrogens is 1. The van der Waals surface area contributed by atoms with Gasteiger partial charge in [0.05, 0.1) is 5.69 Å². The molecular weight excluding hydrogens is 172 g/mol. The van der Waals surface area contributed by atoms with Gasteiger partial charge in [-0.1, -0.05) is 13.8 Å². The molecule has 12 heavy (non-hydrogen) atoms. The van der Waals surface area contributed by atoms with Crippen molar-refractivity contribution >= 4 is 17.2 Å². The van der Waals surface area contributed by atoms with Gasteiger partial charge in [0.2, 0.25) is 0 Å². The molecule has 0 atom stereocenters. The highest BCUT2D eigenvalue weighted by atomic mass is 32.1. The molecule has 0 aliphatic carbocycles. The summed E-state index contributed by atoms with van der Waals surface area (Å²) in [5.41, 5.74) is 0.985. The van der Waals surface area contributed by atoms with Crippen LogP contribution in [0.25, 0.3) is 0 Å². The average molecular weight is 186 g/mol. The predicted octanol–water partition coefficient (Wildman–Crippen LogP) is 1.87. The number of carbonyl (C=O) groups excluding carboxylic acids is 1. The second-order valence-corrected chi connectivity index (χ2v) is 3.67. The minimum atomic E-state index is -0.105. The number of amides is 1. The third-order valence-corrected chi connectivity index (χ3v) is 2.39. The molecule has 3 nitrogen and oxygen atoms in total. The average Bonchev–Trinajstić information content (AvgIpc) is 2.51. The van der Waals surface area contributed by atoms with Crippen LogP contribution in [0.1, 0.15) is 36.7 Å². The van der Waals surface area contributed by atoms with E-state index in [1.54, 1.807) is 7.05 Å². The Hall–Kier alpha value is -0.900. The van der Waals surface area contributed by atoms with Gasteiger partial charge < -0.3 is 5.32 Å². The number of hydrogen-bond acceptors (Lipinski definition) is 3. The van der Waals surface area contributed by atoms with Crippen LogP contribution in [0.2, 0.25) is 0 Å². The van der Waals surface area contributed by atoms with Crippen molar-refractivity contribution in [3.05, 3.63) is 16.1 Å². The summed E-state index contributed by atoms with van der Waals surface area (Å²) in [5, 5.41) is 5.01. The van der Waals surface area contributed by atoms with E-state index in [1.165, 1.54) is 11.3 Å². The summed E-state index contributed by atoms with van der Waals surface area (Å²) in [5.74, 6) is 0.284. The first-order valence-corrected chi connectivity index (χ1v) is 4.70. The van der Waals surface area contributed by atoms with E-state index in [1.807, 2.05) is 5.38 Å². The summed E-state index contributed by atoms with van der Waals surface area (Å²) in [4.78, 5) is 15.3. The first-order valence-electron chi connectivity index (χ1n) is 3.82. The molecule has 1 aromatic rings. The minimum absolute atomic E-state index is 0. The van der Waals surface area contributed by atoms with E-state index in [2.05, 4.69) is 24.1 Å². The van der Waals surface area contributed by atoms with Crippen LogP contribution in [0.5, 0.6) is 0 Å². The zero-order chi connectivity index (χ0) is 9.14. The third kappa shape index (κ3) is 1.82. The van der Waals surface area contributed by atoms with Crippen LogP contribution in [-0.4, -0.2) is 17.9 Å². The number of hydrogen-bond donors (Lipinski definition) is 1. The van der Waals surface area contributed by atoms with Crippen molar-refractivity contribution in [1.29, 1.82) is 0 Å². The summed E-state index contributed by atoms with van der Waals surface area (Å²) >= 11 is 1.39. The Labute approximate surface area is 77.3 Å². The van der Waals surface area contributed by atoms with Crippen LogP contribution in [0.15, 0.2) is 5.38 Å². The van der Waals surface area contributed by atoms with E-state index in [-0.39, 0.29) is 7.33 Å². The van der Waals surface area contributed by atoms with Gasteiger partial charge in [0.15, 0.2) is 5.01 Å². The van der Waals surface area contributed by atoms with Gasteiger partial charge in [-0.2, -0.15) is 0 Å². The first-order chi connectivity index (χ1) is 5.65. The van der Waals surface area contributed by atoms with Gasteiger partial charge in [-0.15, -0.1) is 11.3 Å². The van der Waals surface area contributed by atoms with Crippen molar-refractivity contribution < 1.29 is 6.22 Å². The highest BCUT2D eigenvalue weighted by molar-refractivity contribution is 7.11. The van der Waals surface area contributed by atoms with E-state index >= 15 is 0 Å². The highest BCUT2D eigenvalue weighted by Crippen LogP contribution is 2.17. The largest absolute Gasteiger partial charge is 0.353 e. The second-order valence-electron chi connectivity index (χ2n) is 2.81. The minimum Gasteiger partial charge on any atom is -0.353 e. The van der Waals surface area contributed by atoms with Gasteiger partial charge in [-0.25, -0.2) is 4.98 Å². The molecule has 4 heteroatoms. The lowest BCUT2D eigenvalue weighted by Crippen LogP contribution is -2.17. The Morgan fingerprint density at radius 1 is 1.75 bits per heavy atom. The van der Waals surface area contributed by atoms with Crippen LogP contribution >= 0.6 is 11.3 Å². The highest BCUT2D eigenvalue weighted by Gasteiger charge is 2.10. The number of rotatable bonds is 2. The molecule has 1 heterocycles. The first kappa shape index (κ1) is 9.19. The Morgan fingerprint density at radius 2 is 2.42 bits per heavy atom. The summed E-state index contributed by atoms with van der Waals surface area (Å²) in [6.07, 6.45) is 0. The van der Waals surface area contributed by atoms with Crippen LogP contribution in [0.3, 0.4) is 0 Å². The standard InChI is InChI=1S/C8H12N2OS.H2/c1-5(2)6-4-12-8(10-6)7(11)9-3;/h4-5H,1-3H3,(H,9,11);1H. The van der Waals surface area contributed by atoms with Crippen LogP contribution in [-0.2, 0) is 0 Å². The maximum absolute atomic E-state index is 11.1. The molecular formula is C8H14N2OS. The predicted molar refractivity (Wildman–Crippen MR) is 51.7 cm³/mol. The SMILES string of the molecule is CNC(=O)c1nc(C(C)C)cs1.[HH]. The van der Waals surface area contributed by atoms with Crippen LogP contribution in [0.4, 0.5) is 0 Å². The lowest BCUT2D eigenvalue weighted by atomic mass is 10.2. The molecule has 1 aromatic heterocycles. The maximum Gasteiger partial charge on any atom is 0.280 e. The second kappa shape index (κ2) is 3.67. The molecule has 1 amide bonds. The van der Waals surface area contributed by atoms with Gasteiger partial charge in [0, 0.05) is 13.9 Å². The number of thiazole rings is 1. The van der Waals surface area contributed by atoms with Crippen molar-refractivity contribution in [3.8, 4) is 0 Å². The summed E-state index contributed by atoms with van der Waals surface area (Å²) in [6, 6.07) is 0. The molecule has 1 N–H and O–H groups in total. The molecule has 1 rings (SSSR count). The fourth-order valence-corrected chi connectivity index (χ4v) is 1.69. The van der Waals surface area contributed by atoms with Crippen molar-refractivity contribution in [1.82, 2.24) is 10.3 Å². The molecule has 0 unspecified atom stereocenters. The molecule has 0 aromatic carbocycles. The van der Waals surface area contributed by atoms with Gasteiger partial charge in [-0.05, 0) is 5.92 Å². The fraction of sp³-hybridized carbons (Fsp3) is 0.500. The molecule has 0 aliphatic heterocycles. The van der Waals surface area contributed by atoms with E-state index in [4.69, 9.17) is 0 Å². The van der Waals surface area contributed by atoms with E-state index in [0.717, 1.165) is 5.69 Å². The van der Waals surface area contributed by atoms with Crippen molar-refractivity contribution in [2.75, 3.05) is 7.05 Å². The summed E-state index contributed by atoms with van der Waals surface area (Å²) in [6.45, 7) is 4.12. The monoisotopic (exact) mass is 186 g/mol. The van der Waals surface area contributed by atoms with E-state index < -0.39 is 0 Å². The van der Waals surface area contributed by atoms with Crippen molar-refractivity contribution in [3.63, 3.8) is 0 Å². The smallest absolute Gasteiger partial charge is 0.280 e. The van der Waals surface area contributed by atoms with E-state index in [9.17, 15) is 4.79 Å². The quantitative estimate of drug-likeness (QED) is 0.766. The topological polar surface area (TPSA) is 42.0 Å². The maximum atomic E-state index is 11.1. The Balaban J connectivity index is 0.00000144. The van der Waals surface area contributed by atoms with Crippen molar-refractivity contribution in [2.45, 2.75) is 19.8 Å². The molecule has 0 saturated carbocycles. The number of carbonyl (C=O) groups is 1. The molecule has 0 aliphatic rings. The zero-order valence-electron chi connectivity index (χ0n) is 7.42. The van der Waals surface area contributed by atoms with Gasteiger partial charge in [0.1, 0.15) is 0 Å². The summed E-state index contributed by atoms with van der Waals surface area (Å²) < 4.78 is 0. The summed E-state index contributed by atoms with van der Waals surface area (Å²) in [7, 11) is 1.61. The Kier molecular flexibility index (Phi) is 2.81. The molecule has 0 radical (unpaired) electrons. The molecule has 0 bridgehead atoms. The van der Waals surface area contributed by atoms with Gasteiger partial charge >= 0.3 is 0 Å². The fourth-order valence-electron chi connectivity index (χ4n) is 0.763. The molecule has 0 fully saturated rings. The van der Waals surface area contributed by atoms with Gasteiger partial charge in [0.25, 0.3) is 5.91 Å². The number of nitrogens with zero attached hydrogens (tertiary/aromatic N) is 1. The molecule has 0 saturated heterocycles. The van der Waals surface area contributed by atoms with Crippen LogP contribution in [0, 0.1) is 0 Å².